The van der Waals surface area contributed by atoms with Gasteiger partial charge in [-0.05, 0) is 48.0 Å². The third-order valence-corrected chi connectivity index (χ3v) is 5.63. The molecule has 0 saturated heterocycles. The monoisotopic (exact) mass is 488 g/mol. The van der Waals surface area contributed by atoms with Crippen LogP contribution in [0.3, 0.4) is 0 Å². The predicted octanol–water partition coefficient (Wildman–Crippen LogP) is 2.96. The van der Waals surface area contributed by atoms with Crippen LogP contribution in [0.5, 0.6) is 0 Å². The quantitative estimate of drug-likeness (QED) is 0.296. The third kappa shape index (κ3) is 5.86. The number of ether oxygens (including phenoxy) is 3. The Balaban J connectivity index is 1.56. The third-order valence-electron chi connectivity index (χ3n) is 5.63. The summed E-state index contributed by atoms with van der Waals surface area (Å²) < 4.78 is 16.3. The summed E-state index contributed by atoms with van der Waals surface area (Å²) >= 11 is 0. The Morgan fingerprint density at radius 1 is 0.639 bits per heavy atom. The van der Waals surface area contributed by atoms with Crippen molar-refractivity contribution in [3.05, 3.63) is 119 Å². The van der Waals surface area contributed by atoms with E-state index in [0.29, 0.717) is 5.56 Å². The standard InChI is InChI=1S/C28H24O8/c29-23-21(17-34-26(31)18-10-4-1-5-11-18)16-22(35-27(32)19-12-6-2-7-13-19)25(24(23)30)36-28(33)20-14-8-3-9-15-20/h1-16,22-25,29-30H,17H2/t22-,23-,24+,25+/m1/s1. The molecule has 0 fully saturated rings. The summed E-state index contributed by atoms with van der Waals surface area (Å²) in [5, 5.41) is 21.5. The van der Waals surface area contributed by atoms with Gasteiger partial charge in [0, 0.05) is 0 Å². The fourth-order valence-electron chi connectivity index (χ4n) is 3.71. The number of aliphatic hydroxyl groups is 2. The van der Waals surface area contributed by atoms with Crippen molar-refractivity contribution in [1.29, 1.82) is 0 Å². The molecule has 0 saturated carbocycles. The van der Waals surface area contributed by atoms with E-state index in [1.165, 1.54) is 18.2 Å². The van der Waals surface area contributed by atoms with Crippen molar-refractivity contribution in [2.45, 2.75) is 24.4 Å². The van der Waals surface area contributed by atoms with Crippen LogP contribution in [0.1, 0.15) is 31.1 Å². The summed E-state index contributed by atoms with van der Waals surface area (Å²) in [6, 6.07) is 24.5. The van der Waals surface area contributed by atoms with E-state index in [0.717, 1.165) is 0 Å². The molecule has 0 radical (unpaired) electrons. The molecule has 8 heteroatoms. The highest BCUT2D eigenvalue weighted by Gasteiger charge is 2.43. The SMILES string of the molecule is O=C(OCC1=C[C@@H](OC(=O)c2ccccc2)[C@H](OC(=O)c2ccccc2)[C@@H](O)[C@@H]1O)c1ccccc1. The Kier molecular flexibility index (Phi) is 7.89. The van der Waals surface area contributed by atoms with Gasteiger partial charge in [0.15, 0.2) is 12.2 Å². The number of aliphatic hydroxyl groups excluding tert-OH is 2. The fraction of sp³-hybridized carbons (Fsp3) is 0.179. The van der Waals surface area contributed by atoms with E-state index in [1.807, 2.05) is 0 Å². The zero-order valence-corrected chi connectivity index (χ0v) is 19.1. The van der Waals surface area contributed by atoms with Crippen molar-refractivity contribution in [3.8, 4) is 0 Å². The van der Waals surface area contributed by atoms with Crippen molar-refractivity contribution in [3.63, 3.8) is 0 Å². The summed E-state index contributed by atoms with van der Waals surface area (Å²) in [5.74, 6) is -2.12. The van der Waals surface area contributed by atoms with E-state index in [-0.39, 0.29) is 23.3 Å². The van der Waals surface area contributed by atoms with Crippen LogP contribution in [0.25, 0.3) is 0 Å². The number of hydrogen-bond acceptors (Lipinski definition) is 8. The Morgan fingerprint density at radius 3 is 1.58 bits per heavy atom. The molecule has 8 nitrogen and oxygen atoms in total. The second-order valence-corrected chi connectivity index (χ2v) is 8.09. The zero-order chi connectivity index (χ0) is 25.5. The van der Waals surface area contributed by atoms with E-state index in [9.17, 15) is 24.6 Å². The summed E-state index contributed by atoms with van der Waals surface area (Å²) in [6.45, 7) is -0.370. The fourth-order valence-corrected chi connectivity index (χ4v) is 3.71. The number of carbonyl (C=O) groups excluding carboxylic acids is 3. The normalized spacial score (nSPS) is 21.1. The van der Waals surface area contributed by atoms with E-state index >= 15 is 0 Å². The Bertz CT molecular complexity index is 1220. The molecule has 0 heterocycles. The topological polar surface area (TPSA) is 119 Å². The van der Waals surface area contributed by atoms with E-state index in [1.54, 1.807) is 78.9 Å². The molecule has 0 aromatic heterocycles. The van der Waals surface area contributed by atoms with E-state index in [2.05, 4.69) is 0 Å². The van der Waals surface area contributed by atoms with Crippen molar-refractivity contribution in [2.24, 2.45) is 0 Å². The Labute approximate surface area is 207 Å². The molecule has 0 unspecified atom stereocenters. The molecule has 0 aliphatic heterocycles. The lowest BCUT2D eigenvalue weighted by Crippen LogP contribution is -2.52. The van der Waals surface area contributed by atoms with Gasteiger partial charge in [0.05, 0.1) is 16.7 Å². The molecule has 36 heavy (non-hydrogen) atoms. The predicted molar refractivity (Wildman–Crippen MR) is 128 cm³/mol. The number of rotatable bonds is 7. The maximum absolute atomic E-state index is 12.7. The van der Waals surface area contributed by atoms with Gasteiger partial charge in [0.1, 0.15) is 18.8 Å². The van der Waals surface area contributed by atoms with Gasteiger partial charge >= 0.3 is 17.9 Å². The molecule has 1 aliphatic carbocycles. The first-order valence-electron chi connectivity index (χ1n) is 11.2. The van der Waals surface area contributed by atoms with E-state index in [4.69, 9.17) is 14.2 Å². The molecule has 1 aliphatic rings. The molecule has 184 valence electrons. The highest BCUT2D eigenvalue weighted by Crippen LogP contribution is 2.27. The van der Waals surface area contributed by atoms with Crippen LogP contribution in [-0.2, 0) is 14.2 Å². The highest BCUT2D eigenvalue weighted by atomic mass is 16.6. The molecule has 3 aromatic rings. The molecule has 0 spiro atoms. The van der Waals surface area contributed by atoms with Gasteiger partial charge < -0.3 is 24.4 Å². The van der Waals surface area contributed by atoms with Crippen LogP contribution in [0.15, 0.2) is 103 Å². The number of esters is 3. The van der Waals surface area contributed by atoms with Crippen LogP contribution < -0.4 is 0 Å². The van der Waals surface area contributed by atoms with Crippen molar-refractivity contribution in [1.82, 2.24) is 0 Å². The number of hydrogen-bond donors (Lipinski definition) is 2. The first-order valence-corrected chi connectivity index (χ1v) is 11.2. The molecule has 0 bridgehead atoms. The first kappa shape index (κ1) is 24.8. The molecule has 3 aromatic carbocycles. The Morgan fingerprint density at radius 2 is 1.08 bits per heavy atom. The van der Waals surface area contributed by atoms with Crippen LogP contribution in [0, 0.1) is 0 Å². The minimum Gasteiger partial charge on any atom is -0.457 e. The highest BCUT2D eigenvalue weighted by molar-refractivity contribution is 5.91. The summed E-state index contributed by atoms with van der Waals surface area (Å²) in [6.07, 6.45) is -4.52. The van der Waals surface area contributed by atoms with Crippen molar-refractivity contribution in [2.75, 3.05) is 6.61 Å². The second kappa shape index (κ2) is 11.4. The molecule has 4 rings (SSSR count). The maximum Gasteiger partial charge on any atom is 0.338 e. The first-order chi connectivity index (χ1) is 17.4. The summed E-state index contributed by atoms with van der Waals surface area (Å²) in [4.78, 5) is 37.8. The van der Waals surface area contributed by atoms with E-state index < -0.39 is 42.3 Å². The van der Waals surface area contributed by atoms with Crippen molar-refractivity contribution >= 4 is 17.9 Å². The summed E-state index contributed by atoms with van der Waals surface area (Å²) in [7, 11) is 0. The van der Waals surface area contributed by atoms with Gasteiger partial charge in [-0.25, -0.2) is 14.4 Å². The van der Waals surface area contributed by atoms with Crippen LogP contribution in [0.2, 0.25) is 0 Å². The average molecular weight is 488 g/mol. The second-order valence-electron chi connectivity index (χ2n) is 8.09. The maximum atomic E-state index is 12.7. The van der Waals surface area contributed by atoms with Gasteiger partial charge in [0.25, 0.3) is 0 Å². The minimum atomic E-state index is -1.65. The van der Waals surface area contributed by atoms with Crippen LogP contribution in [0.4, 0.5) is 0 Å². The zero-order valence-electron chi connectivity index (χ0n) is 19.1. The van der Waals surface area contributed by atoms with Gasteiger partial charge in [-0.2, -0.15) is 0 Å². The molecular formula is C28H24O8. The largest absolute Gasteiger partial charge is 0.457 e. The Hall–Kier alpha value is -4.27. The van der Waals surface area contributed by atoms with Gasteiger partial charge in [-0.15, -0.1) is 0 Å². The average Bonchev–Trinajstić information content (AvgIpc) is 2.93. The van der Waals surface area contributed by atoms with Crippen molar-refractivity contribution < 1.29 is 38.8 Å². The minimum absolute atomic E-state index is 0.102. The van der Waals surface area contributed by atoms with Gasteiger partial charge in [-0.3, -0.25) is 0 Å². The molecule has 4 atom stereocenters. The lowest BCUT2D eigenvalue weighted by molar-refractivity contribution is -0.107. The smallest absolute Gasteiger partial charge is 0.338 e. The molecule has 2 N–H and O–H groups in total. The number of carbonyl (C=O) groups is 3. The molecular weight excluding hydrogens is 464 g/mol. The summed E-state index contributed by atoms with van der Waals surface area (Å²) in [5.41, 5.74) is 0.880. The lowest BCUT2D eigenvalue weighted by atomic mass is 9.89. The molecule has 0 amide bonds. The lowest BCUT2D eigenvalue weighted by Gasteiger charge is -2.36. The van der Waals surface area contributed by atoms with Gasteiger partial charge in [0.2, 0.25) is 0 Å². The van der Waals surface area contributed by atoms with Gasteiger partial charge in [-0.1, -0.05) is 54.6 Å². The van der Waals surface area contributed by atoms with Crippen LogP contribution in [-0.4, -0.2) is 59.1 Å². The van der Waals surface area contributed by atoms with Crippen LogP contribution >= 0.6 is 0 Å². The number of benzene rings is 3.